The predicted octanol–water partition coefficient (Wildman–Crippen LogP) is 2.81. The van der Waals surface area contributed by atoms with Crippen LogP contribution in [-0.4, -0.2) is 15.6 Å². The van der Waals surface area contributed by atoms with E-state index in [-0.39, 0.29) is 0 Å². The first kappa shape index (κ1) is 10.5. The summed E-state index contributed by atoms with van der Waals surface area (Å²) in [6.45, 7) is 7.66. The zero-order valence-corrected chi connectivity index (χ0v) is 9.95. The first-order chi connectivity index (χ1) is 7.19. The molecule has 3 heteroatoms. The van der Waals surface area contributed by atoms with Crippen LogP contribution in [0.15, 0.2) is 6.20 Å². The van der Waals surface area contributed by atoms with Crippen LogP contribution >= 0.6 is 0 Å². The molecule has 1 unspecified atom stereocenters. The molecule has 1 fully saturated rings. The summed E-state index contributed by atoms with van der Waals surface area (Å²) in [4.78, 5) is 4.53. The molecule has 1 aromatic rings. The fourth-order valence-electron chi connectivity index (χ4n) is 1.68. The fraction of sp³-hybridized carbons (Fsp3) is 0.750. The van der Waals surface area contributed by atoms with Crippen LogP contribution in [-0.2, 0) is 6.54 Å². The summed E-state index contributed by atoms with van der Waals surface area (Å²) in [7, 11) is 0. The summed E-state index contributed by atoms with van der Waals surface area (Å²) in [6, 6.07) is 0.683. The molecule has 84 valence electrons. The van der Waals surface area contributed by atoms with Crippen molar-refractivity contribution in [1.82, 2.24) is 9.55 Å². The van der Waals surface area contributed by atoms with E-state index >= 15 is 0 Å². The van der Waals surface area contributed by atoms with Gasteiger partial charge < -0.3 is 9.88 Å². The lowest BCUT2D eigenvalue weighted by Gasteiger charge is -2.12. The Kier molecular flexibility index (Phi) is 2.98. The topological polar surface area (TPSA) is 29.9 Å². The Hall–Kier alpha value is -0.990. The van der Waals surface area contributed by atoms with Crippen LogP contribution < -0.4 is 5.32 Å². The quantitative estimate of drug-likeness (QED) is 0.804. The molecule has 0 amide bonds. The van der Waals surface area contributed by atoms with Crippen molar-refractivity contribution in [3.8, 4) is 0 Å². The van der Waals surface area contributed by atoms with E-state index in [1.165, 1.54) is 19.3 Å². The van der Waals surface area contributed by atoms with Crippen LogP contribution in [0.2, 0.25) is 0 Å². The molecule has 1 saturated carbocycles. The van der Waals surface area contributed by atoms with E-state index in [0.717, 1.165) is 24.1 Å². The van der Waals surface area contributed by atoms with Crippen molar-refractivity contribution in [3.05, 3.63) is 11.9 Å². The summed E-state index contributed by atoms with van der Waals surface area (Å²) >= 11 is 0. The summed E-state index contributed by atoms with van der Waals surface area (Å²) in [5, 5.41) is 3.49. The van der Waals surface area contributed by atoms with Crippen LogP contribution in [0.5, 0.6) is 0 Å². The first-order valence-corrected chi connectivity index (χ1v) is 5.99. The number of nitrogens with zero attached hydrogens (tertiary/aromatic N) is 2. The van der Waals surface area contributed by atoms with Gasteiger partial charge in [0.05, 0.1) is 5.69 Å². The number of imidazole rings is 1. The third-order valence-electron chi connectivity index (χ3n) is 3.01. The minimum Gasteiger partial charge on any atom is -0.353 e. The predicted molar refractivity (Wildman–Crippen MR) is 63.1 cm³/mol. The number of hydrogen-bond donors (Lipinski definition) is 1. The smallest absolute Gasteiger partial charge is 0.203 e. The number of hydrogen-bond acceptors (Lipinski definition) is 2. The van der Waals surface area contributed by atoms with Crippen LogP contribution in [0, 0.1) is 12.8 Å². The maximum Gasteiger partial charge on any atom is 0.203 e. The van der Waals surface area contributed by atoms with Crippen molar-refractivity contribution in [2.75, 3.05) is 5.32 Å². The molecular formula is C12H21N3. The molecule has 15 heavy (non-hydrogen) atoms. The highest BCUT2D eigenvalue weighted by molar-refractivity contribution is 5.32. The van der Waals surface area contributed by atoms with Crippen molar-refractivity contribution >= 4 is 5.95 Å². The lowest BCUT2D eigenvalue weighted by Crippen LogP contribution is -2.12. The van der Waals surface area contributed by atoms with Gasteiger partial charge in [-0.1, -0.05) is 20.3 Å². The fourth-order valence-corrected chi connectivity index (χ4v) is 1.68. The summed E-state index contributed by atoms with van der Waals surface area (Å²) in [6.07, 6.45) is 5.97. The highest BCUT2D eigenvalue weighted by Gasteiger charge is 2.23. The maximum absolute atomic E-state index is 4.53. The SMILES string of the molecule is CCC(C)Cn1cc(C)nc1NC1CC1. The number of aryl methyl sites for hydroxylation is 1. The van der Waals surface area contributed by atoms with Crippen molar-refractivity contribution in [2.24, 2.45) is 5.92 Å². The largest absolute Gasteiger partial charge is 0.353 e. The Morgan fingerprint density at radius 1 is 1.60 bits per heavy atom. The molecule has 1 N–H and O–H groups in total. The van der Waals surface area contributed by atoms with Gasteiger partial charge in [-0.25, -0.2) is 4.98 Å². The summed E-state index contributed by atoms with van der Waals surface area (Å²) in [5.41, 5.74) is 1.11. The van der Waals surface area contributed by atoms with Gasteiger partial charge in [-0.05, 0) is 25.7 Å². The molecule has 0 bridgehead atoms. The van der Waals surface area contributed by atoms with Gasteiger partial charge in [0.2, 0.25) is 5.95 Å². The molecule has 0 spiro atoms. The van der Waals surface area contributed by atoms with Crippen molar-refractivity contribution < 1.29 is 0 Å². The number of anilines is 1. The molecule has 1 heterocycles. The molecule has 1 aliphatic carbocycles. The van der Waals surface area contributed by atoms with Crippen LogP contribution in [0.3, 0.4) is 0 Å². The van der Waals surface area contributed by atoms with Crippen molar-refractivity contribution in [2.45, 2.75) is 52.6 Å². The first-order valence-electron chi connectivity index (χ1n) is 5.99. The van der Waals surface area contributed by atoms with E-state index in [2.05, 4.69) is 41.8 Å². The molecule has 1 aromatic heterocycles. The molecule has 3 nitrogen and oxygen atoms in total. The Morgan fingerprint density at radius 3 is 2.93 bits per heavy atom. The van der Waals surface area contributed by atoms with Gasteiger partial charge in [0.1, 0.15) is 0 Å². The summed E-state index contributed by atoms with van der Waals surface area (Å²) < 4.78 is 2.27. The van der Waals surface area contributed by atoms with E-state index in [0.29, 0.717) is 6.04 Å². The van der Waals surface area contributed by atoms with Crippen LogP contribution in [0.25, 0.3) is 0 Å². The highest BCUT2D eigenvalue weighted by atomic mass is 15.2. The Bertz CT molecular complexity index is 326. The Morgan fingerprint density at radius 2 is 2.33 bits per heavy atom. The second-order valence-electron chi connectivity index (χ2n) is 4.79. The van der Waals surface area contributed by atoms with Gasteiger partial charge in [0.25, 0.3) is 0 Å². The zero-order chi connectivity index (χ0) is 10.8. The van der Waals surface area contributed by atoms with Crippen molar-refractivity contribution in [3.63, 3.8) is 0 Å². The number of rotatable bonds is 5. The molecule has 0 aliphatic heterocycles. The number of nitrogens with one attached hydrogen (secondary N) is 1. The van der Waals surface area contributed by atoms with E-state index < -0.39 is 0 Å². The van der Waals surface area contributed by atoms with E-state index in [9.17, 15) is 0 Å². The molecule has 0 radical (unpaired) electrons. The second kappa shape index (κ2) is 4.25. The molecule has 1 atom stereocenters. The van der Waals surface area contributed by atoms with Crippen molar-refractivity contribution in [1.29, 1.82) is 0 Å². The normalized spacial score (nSPS) is 17.8. The third kappa shape index (κ3) is 2.74. The van der Waals surface area contributed by atoms with Crippen LogP contribution in [0.4, 0.5) is 5.95 Å². The van der Waals surface area contributed by atoms with Gasteiger partial charge in [-0.2, -0.15) is 0 Å². The third-order valence-corrected chi connectivity index (χ3v) is 3.01. The molecule has 2 rings (SSSR count). The van der Waals surface area contributed by atoms with Crippen LogP contribution in [0.1, 0.15) is 38.8 Å². The Balaban J connectivity index is 2.05. The van der Waals surface area contributed by atoms with Gasteiger partial charge in [-0.15, -0.1) is 0 Å². The lowest BCUT2D eigenvalue weighted by molar-refractivity contribution is 0.471. The van der Waals surface area contributed by atoms with Gasteiger partial charge in [0, 0.05) is 18.8 Å². The standard InChI is InChI=1S/C12H21N3/c1-4-9(2)7-15-8-10(3)13-12(15)14-11-5-6-11/h8-9,11H,4-7H2,1-3H3,(H,13,14). The molecular weight excluding hydrogens is 186 g/mol. The van der Waals surface area contributed by atoms with Gasteiger partial charge >= 0.3 is 0 Å². The average Bonchev–Trinajstić information content (AvgIpc) is 2.93. The summed E-state index contributed by atoms with van der Waals surface area (Å²) in [5.74, 6) is 1.79. The number of aromatic nitrogens is 2. The second-order valence-corrected chi connectivity index (χ2v) is 4.79. The van der Waals surface area contributed by atoms with Gasteiger partial charge in [0.15, 0.2) is 0 Å². The van der Waals surface area contributed by atoms with E-state index in [1.807, 2.05) is 0 Å². The zero-order valence-electron chi connectivity index (χ0n) is 9.95. The van der Waals surface area contributed by atoms with E-state index in [1.54, 1.807) is 0 Å². The molecule has 0 aromatic carbocycles. The minimum absolute atomic E-state index is 0.683. The lowest BCUT2D eigenvalue weighted by atomic mass is 10.1. The average molecular weight is 207 g/mol. The maximum atomic E-state index is 4.53. The Labute approximate surface area is 91.9 Å². The monoisotopic (exact) mass is 207 g/mol. The van der Waals surface area contributed by atoms with E-state index in [4.69, 9.17) is 0 Å². The van der Waals surface area contributed by atoms with Gasteiger partial charge in [-0.3, -0.25) is 0 Å². The molecule has 1 aliphatic rings. The highest BCUT2D eigenvalue weighted by Crippen LogP contribution is 2.24. The minimum atomic E-state index is 0.683. The molecule has 0 saturated heterocycles.